The number of carbonyl (C=O) groups excluding carboxylic acids is 2. The molecule has 1 aliphatic rings. The van der Waals surface area contributed by atoms with Crippen molar-refractivity contribution in [2.45, 2.75) is 13.3 Å². The fourth-order valence-corrected chi connectivity index (χ4v) is 2.95. The zero-order chi connectivity index (χ0) is 18.3. The van der Waals surface area contributed by atoms with Crippen LogP contribution in [0.4, 0.5) is 5.69 Å². The number of nitrogens with zero attached hydrogens (tertiary/aromatic N) is 1. The summed E-state index contributed by atoms with van der Waals surface area (Å²) in [5.41, 5.74) is 0.0511. The van der Waals surface area contributed by atoms with Crippen molar-refractivity contribution in [2.24, 2.45) is 0 Å². The Morgan fingerprint density at radius 1 is 0.962 bits per heavy atom. The molecular formula is C20H15NO5. The zero-order valence-electron chi connectivity index (χ0n) is 14.0. The Morgan fingerprint density at radius 3 is 2.31 bits per heavy atom. The van der Waals surface area contributed by atoms with Crippen LogP contribution in [0.25, 0.3) is 11.0 Å². The molecule has 0 unspecified atom stereocenters. The van der Waals surface area contributed by atoms with E-state index in [1.807, 2.05) is 6.92 Å². The average Bonchev–Trinajstić information content (AvgIpc) is 2.90. The lowest BCUT2D eigenvalue weighted by Gasteiger charge is -2.13. The number of fused-ring (bicyclic) bond motifs is 2. The first kappa shape index (κ1) is 16.1. The Labute approximate surface area is 148 Å². The van der Waals surface area contributed by atoms with Gasteiger partial charge in [0.25, 0.3) is 11.8 Å². The quantitative estimate of drug-likeness (QED) is 0.533. The van der Waals surface area contributed by atoms with Gasteiger partial charge in [0.1, 0.15) is 17.0 Å². The molecule has 6 nitrogen and oxygen atoms in total. The van der Waals surface area contributed by atoms with Gasteiger partial charge in [0, 0.05) is 11.5 Å². The molecule has 26 heavy (non-hydrogen) atoms. The van der Waals surface area contributed by atoms with Crippen molar-refractivity contribution in [3.05, 3.63) is 70.1 Å². The molecule has 0 spiro atoms. The molecule has 2 heterocycles. The molecule has 0 saturated heterocycles. The van der Waals surface area contributed by atoms with Crippen molar-refractivity contribution in [1.29, 1.82) is 0 Å². The van der Waals surface area contributed by atoms with Crippen molar-refractivity contribution >= 4 is 28.5 Å². The highest BCUT2D eigenvalue weighted by Gasteiger charge is 2.38. The lowest BCUT2D eigenvalue weighted by Crippen LogP contribution is -2.33. The van der Waals surface area contributed by atoms with Crippen LogP contribution in [0.5, 0.6) is 5.75 Å². The lowest BCUT2D eigenvalue weighted by atomic mass is 10.1. The number of rotatable bonds is 4. The Kier molecular flexibility index (Phi) is 3.80. The molecule has 0 saturated carbocycles. The summed E-state index contributed by atoms with van der Waals surface area (Å²) in [5.74, 6) is -0.462. The van der Waals surface area contributed by atoms with E-state index in [9.17, 15) is 14.4 Å². The van der Waals surface area contributed by atoms with E-state index in [0.717, 1.165) is 11.3 Å². The third-order valence-corrected chi connectivity index (χ3v) is 4.20. The second-order valence-electron chi connectivity index (χ2n) is 5.96. The summed E-state index contributed by atoms with van der Waals surface area (Å²) in [6.07, 6.45) is 0.862. The van der Waals surface area contributed by atoms with Gasteiger partial charge < -0.3 is 9.15 Å². The van der Waals surface area contributed by atoms with E-state index in [2.05, 4.69) is 0 Å². The minimum Gasteiger partial charge on any atom is -0.493 e. The highest BCUT2D eigenvalue weighted by Crippen LogP contribution is 2.29. The van der Waals surface area contributed by atoms with Crippen LogP contribution in [0.3, 0.4) is 0 Å². The van der Waals surface area contributed by atoms with E-state index in [1.54, 1.807) is 42.5 Å². The van der Waals surface area contributed by atoms with Crippen LogP contribution < -0.4 is 15.3 Å². The fraction of sp³-hybridized carbons (Fsp3) is 0.150. The molecule has 0 N–H and O–H groups in total. The molecule has 1 aliphatic heterocycles. The van der Waals surface area contributed by atoms with Gasteiger partial charge in [-0.1, -0.05) is 19.1 Å². The smallest absolute Gasteiger partial charge is 0.360 e. The molecular weight excluding hydrogens is 334 g/mol. The van der Waals surface area contributed by atoms with Gasteiger partial charge >= 0.3 is 5.63 Å². The maximum atomic E-state index is 12.6. The highest BCUT2D eigenvalue weighted by atomic mass is 16.5. The normalized spacial score (nSPS) is 13.3. The van der Waals surface area contributed by atoms with Crippen molar-refractivity contribution in [2.75, 3.05) is 11.5 Å². The molecule has 1 aromatic heterocycles. The molecule has 0 radical (unpaired) electrons. The number of hydrogen-bond acceptors (Lipinski definition) is 5. The van der Waals surface area contributed by atoms with E-state index in [4.69, 9.17) is 9.15 Å². The third kappa shape index (κ3) is 2.47. The van der Waals surface area contributed by atoms with Crippen LogP contribution >= 0.6 is 0 Å². The SMILES string of the molecule is CCCOc1ccc2cc(N3C(=O)c4ccccc4C3=O)c(=O)oc2c1. The summed E-state index contributed by atoms with van der Waals surface area (Å²) in [7, 11) is 0. The van der Waals surface area contributed by atoms with Crippen molar-refractivity contribution in [3.63, 3.8) is 0 Å². The largest absolute Gasteiger partial charge is 0.493 e. The van der Waals surface area contributed by atoms with E-state index in [1.165, 1.54) is 6.07 Å². The number of anilines is 1. The van der Waals surface area contributed by atoms with Gasteiger partial charge in [-0.2, -0.15) is 0 Å². The second-order valence-corrected chi connectivity index (χ2v) is 5.96. The van der Waals surface area contributed by atoms with Crippen molar-refractivity contribution in [1.82, 2.24) is 0 Å². The molecule has 0 fully saturated rings. The Hall–Kier alpha value is -3.41. The van der Waals surface area contributed by atoms with E-state index in [0.29, 0.717) is 23.3 Å². The van der Waals surface area contributed by atoms with Gasteiger partial charge in [-0.15, -0.1) is 0 Å². The van der Waals surface area contributed by atoms with Gasteiger partial charge in [-0.3, -0.25) is 9.59 Å². The number of benzene rings is 2. The minimum atomic E-state index is -0.750. The monoisotopic (exact) mass is 349 g/mol. The lowest BCUT2D eigenvalue weighted by molar-refractivity contribution is 0.0925. The van der Waals surface area contributed by atoms with Crippen LogP contribution in [-0.4, -0.2) is 18.4 Å². The molecule has 2 amide bonds. The predicted molar refractivity (Wildman–Crippen MR) is 95.9 cm³/mol. The summed E-state index contributed by atoms with van der Waals surface area (Å²) in [6, 6.07) is 13.1. The van der Waals surface area contributed by atoms with E-state index < -0.39 is 17.4 Å². The van der Waals surface area contributed by atoms with Crippen LogP contribution in [-0.2, 0) is 0 Å². The second kappa shape index (κ2) is 6.15. The van der Waals surface area contributed by atoms with Gasteiger partial charge in [-0.05, 0) is 36.8 Å². The number of imide groups is 1. The van der Waals surface area contributed by atoms with Gasteiger partial charge in [0.15, 0.2) is 0 Å². The maximum absolute atomic E-state index is 12.6. The summed E-state index contributed by atoms with van der Waals surface area (Å²) in [6.45, 7) is 2.55. The molecule has 0 bridgehead atoms. The molecule has 0 aliphatic carbocycles. The summed E-state index contributed by atoms with van der Waals surface area (Å²) >= 11 is 0. The first-order valence-electron chi connectivity index (χ1n) is 8.28. The maximum Gasteiger partial charge on any atom is 0.360 e. The molecule has 0 atom stereocenters. The first-order chi connectivity index (χ1) is 12.6. The summed E-state index contributed by atoms with van der Waals surface area (Å²) in [5, 5.41) is 0.597. The predicted octanol–water partition coefficient (Wildman–Crippen LogP) is 3.38. The fourth-order valence-electron chi connectivity index (χ4n) is 2.95. The minimum absolute atomic E-state index is 0.0917. The van der Waals surface area contributed by atoms with Crippen molar-refractivity contribution in [3.8, 4) is 5.75 Å². The number of hydrogen-bond donors (Lipinski definition) is 0. The zero-order valence-corrected chi connectivity index (χ0v) is 14.0. The van der Waals surface area contributed by atoms with Crippen LogP contribution in [0.1, 0.15) is 34.1 Å². The number of amides is 2. The van der Waals surface area contributed by atoms with Crippen LogP contribution in [0.15, 0.2) is 57.7 Å². The van der Waals surface area contributed by atoms with Gasteiger partial charge in [-0.25, -0.2) is 9.69 Å². The molecule has 3 aromatic rings. The Bertz CT molecular complexity index is 1060. The Morgan fingerprint density at radius 2 is 1.65 bits per heavy atom. The van der Waals surface area contributed by atoms with Crippen LogP contribution in [0, 0.1) is 0 Å². The molecule has 2 aromatic carbocycles. The number of ether oxygens (including phenoxy) is 1. The standard InChI is InChI=1S/C20H15NO5/c1-2-9-25-13-8-7-12-10-16(20(24)26-17(12)11-13)21-18(22)14-5-3-4-6-15(14)19(21)23/h3-8,10-11H,2,9H2,1H3. The third-order valence-electron chi connectivity index (χ3n) is 4.20. The van der Waals surface area contributed by atoms with E-state index in [-0.39, 0.29) is 16.8 Å². The first-order valence-corrected chi connectivity index (χ1v) is 8.28. The summed E-state index contributed by atoms with van der Waals surface area (Å²) < 4.78 is 10.9. The number of carbonyl (C=O) groups is 2. The topological polar surface area (TPSA) is 76.8 Å². The highest BCUT2D eigenvalue weighted by molar-refractivity contribution is 6.34. The molecule has 130 valence electrons. The van der Waals surface area contributed by atoms with Crippen LogP contribution in [0.2, 0.25) is 0 Å². The molecule has 4 rings (SSSR count). The Balaban J connectivity index is 1.78. The van der Waals surface area contributed by atoms with Gasteiger partial charge in [0.05, 0.1) is 17.7 Å². The average molecular weight is 349 g/mol. The summed E-state index contributed by atoms with van der Waals surface area (Å²) in [4.78, 5) is 38.5. The molecule has 6 heteroatoms. The van der Waals surface area contributed by atoms with Gasteiger partial charge in [0.2, 0.25) is 0 Å². The van der Waals surface area contributed by atoms with E-state index >= 15 is 0 Å². The van der Waals surface area contributed by atoms with Crippen molar-refractivity contribution < 1.29 is 18.7 Å².